The SMILES string of the molecule is CC[C@@]12CCC3(O1)C(C(=O)NCc1ccccc1)N([C@@H](CO)Cc1ccccc1)C(=O)[C@@H]3[C@@H]2C(=O)NC. The average Bonchev–Trinajstić information content (AvgIpc) is 3.54. The number of amides is 3. The standard InChI is InChI=1S/C29H35N3O5/c1-3-28-14-15-29(37-28)23(22(28)25(34)30-2)27(36)32(21(18-33)16-19-10-6-4-7-11-19)24(29)26(35)31-17-20-12-8-5-9-13-20/h4-13,21-24,33H,3,14-18H2,1-2H3,(H,30,34)(H,31,35)/t21-,22-,23+,24?,28+,29?/m1/s1. The number of rotatable bonds is 9. The van der Waals surface area contributed by atoms with Crippen LogP contribution in [0.3, 0.4) is 0 Å². The monoisotopic (exact) mass is 505 g/mol. The normalized spacial score (nSPS) is 30.7. The molecule has 0 radical (unpaired) electrons. The van der Waals surface area contributed by atoms with Gasteiger partial charge in [0.1, 0.15) is 11.6 Å². The lowest BCUT2D eigenvalue weighted by atomic mass is 9.65. The zero-order valence-corrected chi connectivity index (χ0v) is 21.4. The number of aliphatic hydroxyl groups excluding tert-OH is 1. The summed E-state index contributed by atoms with van der Waals surface area (Å²) in [6.07, 6.45) is 2.07. The molecule has 3 aliphatic rings. The van der Waals surface area contributed by atoms with Crippen LogP contribution in [0, 0.1) is 11.8 Å². The lowest BCUT2D eigenvalue weighted by Gasteiger charge is -2.37. The van der Waals surface area contributed by atoms with E-state index < -0.39 is 35.1 Å². The number of fused-ring (bicyclic) bond motifs is 1. The molecule has 196 valence electrons. The molecule has 3 heterocycles. The fourth-order valence-corrected chi connectivity index (χ4v) is 6.92. The van der Waals surface area contributed by atoms with Gasteiger partial charge in [0.15, 0.2) is 0 Å². The van der Waals surface area contributed by atoms with E-state index in [-0.39, 0.29) is 24.3 Å². The van der Waals surface area contributed by atoms with Crippen molar-refractivity contribution in [3.05, 3.63) is 71.8 Å². The summed E-state index contributed by atoms with van der Waals surface area (Å²) in [6.45, 7) is 1.96. The molecule has 3 fully saturated rings. The molecule has 0 aliphatic carbocycles. The van der Waals surface area contributed by atoms with Gasteiger partial charge in [-0.15, -0.1) is 0 Å². The number of nitrogens with one attached hydrogen (secondary N) is 2. The van der Waals surface area contributed by atoms with E-state index in [1.165, 1.54) is 4.90 Å². The number of aliphatic hydroxyl groups is 1. The van der Waals surface area contributed by atoms with Crippen molar-refractivity contribution in [3.8, 4) is 0 Å². The summed E-state index contributed by atoms with van der Waals surface area (Å²) in [7, 11) is 1.57. The summed E-state index contributed by atoms with van der Waals surface area (Å²) in [5, 5.41) is 16.2. The Morgan fingerprint density at radius 1 is 1.05 bits per heavy atom. The van der Waals surface area contributed by atoms with Gasteiger partial charge in [-0.1, -0.05) is 67.6 Å². The van der Waals surface area contributed by atoms with Gasteiger partial charge in [-0.25, -0.2) is 0 Å². The Labute approximate surface area is 217 Å². The first-order valence-electron chi connectivity index (χ1n) is 13.1. The molecule has 2 aromatic rings. The van der Waals surface area contributed by atoms with Crippen LogP contribution in [0.4, 0.5) is 0 Å². The third-order valence-corrected chi connectivity index (χ3v) is 8.62. The van der Waals surface area contributed by atoms with Gasteiger partial charge >= 0.3 is 0 Å². The van der Waals surface area contributed by atoms with E-state index in [0.29, 0.717) is 32.2 Å². The van der Waals surface area contributed by atoms with Crippen molar-refractivity contribution in [1.29, 1.82) is 0 Å². The first-order valence-corrected chi connectivity index (χ1v) is 13.1. The molecule has 2 unspecified atom stereocenters. The quantitative estimate of drug-likeness (QED) is 0.482. The van der Waals surface area contributed by atoms with Gasteiger partial charge < -0.3 is 25.4 Å². The third kappa shape index (κ3) is 4.03. The minimum atomic E-state index is -1.12. The van der Waals surface area contributed by atoms with E-state index in [4.69, 9.17) is 4.74 Å². The van der Waals surface area contributed by atoms with Crippen molar-refractivity contribution in [2.75, 3.05) is 13.7 Å². The number of ether oxygens (including phenoxy) is 1. The number of nitrogens with zero attached hydrogens (tertiary/aromatic N) is 1. The number of hydrogen-bond acceptors (Lipinski definition) is 5. The second-order valence-electron chi connectivity index (χ2n) is 10.4. The molecule has 8 heteroatoms. The van der Waals surface area contributed by atoms with E-state index >= 15 is 0 Å². The number of carbonyl (C=O) groups excluding carboxylic acids is 3. The average molecular weight is 506 g/mol. The predicted molar refractivity (Wildman–Crippen MR) is 137 cm³/mol. The van der Waals surface area contributed by atoms with Gasteiger partial charge in [0.25, 0.3) is 0 Å². The molecule has 3 saturated heterocycles. The van der Waals surface area contributed by atoms with E-state index in [0.717, 1.165) is 11.1 Å². The van der Waals surface area contributed by atoms with Crippen molar-refractivity contribution < 1.29 is 24.2 Å². The molecule has 2 aromatic carbocycles. The molecule has 3 N–H and O–H groups in total. The van der Waals surface area contributed by atoms with Gasteiger partial charge in [0.05, 0.1) is 30.1 Å². The summed E-state index contributed by atoms with van der Waals surface area (Å²) in [5.41, 5.74) is -0.00700. The number of benzene rings is 2. The summed E-state index contributed by atoms with van der Waals surface area (Å²) in [4.78, 5) is 42.9. The van der Waals surface area contributed by atoms with Crippen LogP contribution in [-0.2, 0) is 32.1 Å². The van der Waals surface area contributed by atoms with Crippen molar-refractivity contribution in [2.45, 2.75) is 62.4 Å². The highest BCUT2D eigenvalue weighted by Gasteiger charge is 2.79. The Morgan fingerprint density at radius 2 is 1.70 bits per heavy atom. The second-order valence-corrected chi connectivity index (χ2v) is 10.4. The minimum absolute atomic E-state index is 0.240. The van der Waals surface area contributed by atoms with Gasteiger partial charge in [-0.05, 0) is 36.8 Å². The first kappa shape index (κ1) is 25.4. The fourth-order valence-electron chi connectivity index (χ4n) is 6.92. The van der Waals surface area contributed by atoms with Gasteiger partial charge in [0, 0.05) is 13.6 Å². The van der Waals surface area contributed by atoms with Crippen LogP contribution in [0.2, 0.25) is 0 Å². The lowest BCUT2D eigenvalue weighted by molar-refractivity contribution is -0.151. The second kappa shape index (κ2) is 9.91. The van der Waals surface area contributed by atoms with Crippen molar-refractivity contribution in [3.63, 3.8) is 0 Å². The molecule has 6 atom stereocenters. The Morgan fingerprint density at radius 3 is 2.30 bits per heavy atom. The number of likely N-dealkylation sites (tertiary alicyclic amines) is 1. The molecule has 3 amide bonds. The molecule has 3 aliphatic heterocycles. The lowest BCUT2D eigenvalue weighted by Crippen LogP contribution is -2.58. The fraction of sp³-hybridized carbons (Fsp3) is 0.483. The van der Waals surface area contributed by atoms with Crippen molar-refractivity contribution >= 4 is 17.7 Å². The molecule has 37 heavy (non-hydrogen) atoms. The zero-order valence-electron chi connectivity index (χ0n) is 21.4. The molecule has 0 saturated carbocycles. The van der Waals surface area contributed by atoms with Crippen LogP contribution < -0.4 is 10.6 Å². The van der Waals surface area contributed by atoms with E-state index in [2.05, 4.69) is 10.6 Å². The molecule has 8 nitrogen and oxygen atoms in total. The Bertz CT molecular complexity index is 1160. The first-order chi connectivity index (χ1) is 17.9. The Kier molecular flexibility index (Phi) is 6.81. The predicted octanol–water partition coefficient (Wildman–Crippen LogP) is 1.81. The molecule has 2 bridgehead atoms. The number of carbonyl (C=O) groups is 3. The zero-order chi connectivity index (χ0) is 26.2. The molecule has 5 rings (SSSR count). The van der Waals surface area contributed by atoms with E-state index in [1.807, 2.05) is 67.6 Å². The molecule has 0 aromatic heterocycles. The van der Waals surface area contributed by atoms with Crippen LogP contribution >= 0.6 is 0 Å². The van der Waals surface area contributed by atoms with Crippen LogP contribution in [0.25, 0.3) is 0 Å². The minimum Gasteiger partial charge on any atom is -0.394 e. The maximum Gasteiger partial charge on any atom is 0.246 e. The van der Waals surface area contributed by atoms with Crippen molar-refractivity contribution in [1.82, 2.24) is 15.5 Å². The maximum absolute atomic E-state index is 14.2. The van der Waals surface area contributed by atoms with Crippen LogP contribution in [0.15, 0.2) is 60.7 Å². The summed E-state index contributed by atoms with van der Waals surface area (Å²) >= 11 is 0. The Hall–Kier alpha value is -3.23. The molecular weight excluding hydrogens is 470 g/mol. The molecule has 1 spiro atoms. The smallest absolute Gasteiger partial charge is 0.246 e. The van der Waals surface area contributed by atoms with Gasteiger partial charge in [-0.3, -0.25) is 14.4 Å². The van der Waals surface area contributed by atoms with E-state index in [1.54, 1.807) is 7.05 Å². The highest BCUT2D eigenvalue weighted by molar-refractivity contribution is 5.99. The largest absolute Gasteiger partial charge is 0.394 e. The summed E-state index contributed by atoms with van der Waals surface area (Å²) in [5.74, 6) is -2.32. The molecular formula is C29H35N3O5. The van der Waals surface area contributed by atoms with E-state index in [9.17, 15) is 19.5 Å². The summed E-state index contributed by atoms with van der Waals surface area (Å²) in [6, 6.07) is 17.6. The maximum atomic E-state index is 14.2. The van der Waals surface area contributed by atoms with Crippen LogP contribution in [0.5, 0.6) is 0 Å². The highest BCUT2D eigenvalue weighted by atomic mass is 16.5. The topological polar surface area (TPSA) is 108 Å². The summed E-state index contributed by atoms with van der Waals surface area (Å²) < 4.78 is 6.72. The van der Waals surface area contributed by atoms with Gasteiger partial charge in [0.2, 0.25) is 17.7 Å². The Balaban J connectivity index is 1.54. The highest BCUT2D eigenvalue weighted by Crippen LogP contribution is 2.64. The van der Waals surface area contributed by atoms with Crippen LogP contribution in [-0.4, -0.2) is 64.7 Å². The van der Waals surface area contributed by atoms with Crippen molar-refractivity contribution in [2.24, 2.45) is 11.8 Å². The van der Waals surface area contributed by atoms with Gasteiger partial charge in [-0.2, -0.15) is 0 Å². The third-order valence-electron chi connectivity index (χ3n) is 8.62. The van der Waals surface area contributed by atoms with Crippen LogP contribution in [0.1, 0.15) is 37.3 Å². The number of hydrogen-bond donors (Lipinski definition) is 3.